The maximum Gasteiger partial charge on any atom is 0.136 e. The van der Waals surface area contributed by atoms with E-state index in [2.05, 4.69) is 4.99 Å². The zero-order chi connectivity index (χ0) is 15.9. The Kier molecular flexibility index (Phi) is 5.44. The molecule has 0 bridgehead atoms. The van der Waals surface area contributed by atoms with E-state index in [1.165, 1.54) is 6.54 Å². The van der Waals surface area contributed by atoms with E-state index in [9.17, 15) is 4.79 Å². The van der Waals surface area contributed by atoms with Gasteiger partial charge in [-0.05, 0) is 29.8 Å². The molecule has 114 valence electrons. The molecule has 0 fully saturated rings. The molecule has 2 N–H and O–H groups in total. The first kappa shape index (κ1) is 15.9. The number of rotatable bonds is 6. The van der Waals surface area contributed by atoms with E-state index < -0.39 is 0 Å². The lowest BCUT2D eigenvalue weighted by Gasteiger charge is -2.11. The summed E-state index contributed by atoms with van der Waals surface area (Å²) in [6.07, 6.45) is 1.97. The Bertz CT molecular complexity index is 660. The summed E-state index contributed by atoms with van der Waals surface area (Å²) in [5.41, 5.74) is 8.69. The summed E-state index contributed by atoms with van der Waals surface area (Å²) >= 11 is 0. The van der Waals surface area contributed by atoms with Crippen LogP contribution in [0.1, 0.15) is 22.3 Å². The molecule has 4 nitrogen and oxygen atoms in total. The number of benzene rings is 2. The number of hydrogen-bond donors (Lipinski definition) is 1. The number of nitrogens with two attached hydrogens (primary N) is 1. The molecule has 0 atom stereocenters. The molecule has 0 aromatic heterocycles. The molecule has 0 saturated carbocycles. The molecule has 0 radical (unpaired) electrons. The lowest BCUT2D eigenvalue weighted by Crippen LogP contribution is -2.08. The number of ketones is 1. The molecule has 4 heteroatoms. The van der Waals surface area contributed by atoms with Crippen LogP contribution in [0.2, 0.25) is 0 Å². The summed E-state index contributed by atoms with van der Waals surface area (Å²) in [7, 11) is 4.00. The van der Waals surface area contributed by atoms with Crippen molar-refractivity contribution in [3.05, 3.63) is 66.2 Å². The minimum atomic E-state index is -0.0294. The van der Waals surface area contributed by atoms with Gasteiger partial charge in [-0.3, -0.25) is 16.3 Å². The van der Waals surface area contributed by atoms with E-state index in [4.69, 9.17) is 5.73 Å². The number of Topliss-reactive ketones (excluding diaryl/α,β-unsaturated/α-hetero) is 1. The van der Waals surface area contributed by atoms with Crippen molar-refractivity contribution in [3.8, 4) is 0 Å². The standard InChI is InChI=1S/C18H20N3O/c1-21(2)15-9-7-14(8-10-15)13-20-17-6-4-3-5-16(17)18(22)11-12-19/h3-10,12-13H,11,19H2,1-2H3/q-1. The summed E-state index contributed by atoms with van der Waals surface area (Å²) in [4.78, 5) is 18.5. The van der Waals surface area contributed by atoms with Crippen LogP contribution in [0.15, 0.2) is 53.5 Å². The van der Waals surface area contributed by atoms with Crippen molar-refractivity contribution in [1.82, 2.24) is 0 Å². The summed E-state index contributed by atoms with van der Waals surface area (Å²) < 4.78 is 0. The summed E-state index contributed by atoms with van der Waals surface area (Å²) in [5.74, 6) is -0.0294. The van der Waals surface area contributed by atoms with Crippen molar-refractivity contribution in [2.45, 2.75) is 6.42 Å². The van der Waals surface area contributed by atoms with Gasteiger partial charge in [-0.1, -0.05) is 24.3 Å². The van der Waals surface area contributed by atoms with Gasteiger partial charge in [0, 0.05) is 31.6 Å². The van der Waals surface area contributed by atoms with E-state index in [1.54, 1.807) is 12.3 Å². The van der Waals surface area contributed by atoms with Crippen molar-refractivity contribution < 1.29 is 4.79 Å². The second-order valence-electron chi connectivity index (χ2n) is 5.12. The van der Waals surface area contributed by atoms with Gasteiger partial charge in [0.25, 0.3) is 0 Å². The number of aliphatic imine (C=N–C) groups is 1. The highest BCUT2D eigenvalue weighted by molar-refractivity contribution is 6.01. The largest absolute Gasteiger partial charge is 0.483 e. The topological polar surface area (TPSA) is 58.7 Å². The first-order valence-electron chi connectivity index (χ1n) is 7.09. The third kappa shape index (κ3) is 4.02. The molecule has 0 aliphatic rings. The Balaban J connectivity index is 2.21. The lowest BCUT2D eigenvalue weighted by atomic mass is 10.1. The third-order valence-electron chi connectivity index (χ3n) is 3.27. The molecule has 0 heterocycles. The zero-order valence-electron chi connectivity index (χ0n) is 12.9. The van der Waals surface area contributed by atoms with Crippen LogP contribution in [0.25, 0.3) is 0 Å². The number of nitrogens with zero attached hydrogens (tertiary/aromatic N) is 2. The monoisotopic (exact) mass is 294 g/mol. The molecule has 0 amide bonds. The SMILES string of the molecule is CN(C)c1ccc(C=Nc2ccccc2C(=O)C[CH-]N)cc1. The fraction of sp³-hybridized carbons (Fsp3) is 0.167. The van der Waals surface area contributed by atoms with Gasteiger partial charge in [0.15, 0.2) is 0 Å². The van der Waals surface area contributed by atoms with Crippen molar-refractivity contribution in [1.29, 1.82) is 0 Å². The number of anilines is 1. The summed E-state index contributed by atoms with van der Waals surface area (Å²) in [6.45, 7) is 1.36. The van der Waals surface area contributed by atoms with E-state index in [0.717, 1.165) is 11.3 Å². The van der Waals surface area contributed by atoms with Crippen LogP contribution >= 0.6 is 0 Å². The quantitative estimate of drug-likeness (QED) is 0.505. The number of para-hydroxylation sites is 1. The normalized spacial score (nSPS) is 10.9. The van der Waals surface area contributed by atoms with Gasteiger partial charge in [-0.15, -0.1) is 6.42 Å². The molecule has 2 aromatic rings. The van der Waals surface area contributed by atoms with Gasteiger partial charge in [0.05, 0.1) is 5.69 Å². The maximum absolute atomic E-state index is 12.0. The second-order valence-corrected chi connectivity index (χ2v) is 5.12. The van der Waals surface area contributed by atoms with E-state index >= 15 is 0 Å². The Morgan fingerprint density at radius 1 is 1.18 bits per heavy atom. The maximum atomic E-state index is 12.0. The molecular weight excluding hydrogens is 274 g/mol. The minimum absolute atomic E-state index is 0.0294. The second kappa shape index (κ2) is 7.52. The molecular formula is C18H20N3O-. The van der Waals surface area contributed by atoms with E-state index in [-0.39, 0.29) is 12.2 Å². The zero-order valence-corrected chi connectivity index (χ0v) is 12.9. The van der Waals surface area contributed by atoms with Crippen molar-refractivity contribution in [2.75, 3.05) is 19.0 Å². The number of carbonyl (C=O) groups is 1. The fourth-order valence-electron chi connectivity index (χ4n) is 2.04. The molecule has 22 heavy (non-hydrogen) atoms. The predicted molar refractivity (Wildman–Crippen MR) is 91.9 cm³/mol. The minimum Gasteiger partial charge on any atom is -0.483 e. The molecule has 0 aliphatic heterocycles. The number of hydrogen-bond acceptors (Lipinski definition) is 4. The van der Waals surface area contributed by atoms with Gasteiger partial charge >= 0.3 is 0 Å². The van der Waals surface area contributed by atoms with Crippen LogP contribution in [0.4, 0.5) is 11.4 Å². The first-order valence-corrected chi connectivity index (χ1v) is 7.09. The molecule has 0 aliphatic carbocycles. The van der Waals surface area contributed by atoms with Gasteiger partial charge in [0.1, 0.15) is 5.78 Å². The van der Waals surface area contributed by atoms with Crippen molar-refractivity contribution in [3.63, 3.8) is 0 Å². The van der Waals surface area contributed by atoms with Gasteiger partial charge < -0.3 is 10.6 Å². The molecule has 0 saturated heterocycles. The van der Waals surface area contributed by atoms with Gasteiger partial charge in [0.2, 0.25) is 0 Å². The Labute approximate surface area is 131 Å². The fourth-order valence-corrected chi connectivity index (χ4v) is 2.04. The van der Waals surface area contributed by atoms with Crippen LogP contribution in [-0.2, 0) is 0 Å². The molecule has 0 unspecified atom stereocenters. The highest BCUT2D eigenvalue weighted by atomic mass is 16.1. The summed E-state index contributed by atoms with van der Waals surface area (Å²) in [5, 5.41) is 0. The van der Waals surface area contributed by atoms with Gasteiger partial charge in [-0.25, -0.2) is 0 Å². The van der Waals surface area contributed by atoms with Crippen LogP contribution in [-0.4, -0.2) is 26.1 Å². The Hall–Kier alpha value is -2.46. The Morgan fingerprint density at radius 2 is 1.86 bits per heavy atom. The van der Waals surface area contributed by atoms with Crippen molar-refractivity contribution in [2.24, 2.45) is 10.7 Å². The van der Waals surface area contributed by atoms with E-state index in [0.29, 0.717) is 11.3 Å². The van der Waals surface area contributed by atoms with Crippen LogP contribution in [0.5, 0.6) is 0 Å². The molecule has 0 spiro atoms. The average molecular weight is 294 g/mol. The highest BCUT2D eigenvalue weighted by Gasteiger charge is 2.06. The molecule has 2 aromatic carbocycles. The predicted octanol–water partition coefficient (Wildman–Crippen LogP) is 3.20. The van der Waals surface area contributed by atoms with E-state index in [1.807, 2.05) is 61.5 Å². The third-order valence-corrected chi connectivity index (χ3v) is 3.27. The smallest absolute Gasteiger partial charge is 0.136 e. The Morgan fingerprint density at radius 3 is 2.50 bits per heavy atom. The highest BCUT2D eigenvalue weighted by Crippen LogP contribution is 2.20. The summed E-state index contributed by atoms with van der Waals surface area (Å²) in [6, 6.07) is 15.3. The van der Waals surface area contributed by atoms with Crippen LogP contribution < -0.4 is 10.6 Å². The molecule has 2 rings (SSSR count). The average Bonchev–Trinajstić information content (AvgIpc) is 2.54. The number of carbonyl (C=O) groups excluding carboxylic acids is 1. The van der Waals surface area contributed by atoms with Crippen molar-refractivity contribution >= 4 is 23.4 Å². The van der Waals surface area contributed by atoms with Crippen LogP contribution in [0, 0.1) is 6.54 Å². The van der Waals surface area contributed by atoms with Crippen LogP contribution in [0.3, 0.4) is 0 Å². The lowest BCUT2D eigenvalue weighted by molar-refractivity contribution is 0.0992. The van der Waals surface area contributed by atoms with Gasteiger partial charge in [-0.2, -0.15) is 0 Å². The first-order chi connectivity index (χ1) is 10.6.